The fourth-order valence-corrected chi connectivity index (χ4v) is 3.43. The van der Waals surface area contributed by atoms with E-state index in [4.69, 9.17) is 15.5 Å². The second-order valence-corrected chi connectivity index (χ2v) is 7.17. The van der Waals surface area contributed by atoms with Gasteiger partial charge in [-0.3, -0.25) is 9.59 Å². The Labute approximate surface area is 169 Å². The molecule has 3 rings (SSSR count). The fraction of sp³-hybridized carbons (Fsp3) is 0.476. The largest absolute Gasteiger partial charge is 0.464 e. The summed E-state index contributed by atoms with van der Waals surface area (Å²) < 4.78 is 5.28. The zero-order chi connectivity index (χ0) is 20.8. The monoisotopic (exact) mass is 395 g/mol. The Morgan fingerprint density at radius 1 is 1.28 bits per heavy atom. The molecule has 1 aliphatic rings. The average Bonchev–Trinajstić information content (AvgIpc) is 2.74. The smallest absolute Gasteiger partial charge is 0.329 e. The van der Waals surface area contributed by atoms with Crippen LogP contribution in [0.5, 0.6) is 0 Å². The number of aromatic nitrogens is 2. The van der Waals surface area contributed by atoms with Crippen molar-refractivity contribution in [3.05, 3.63) is 30.0 Å². The van der Waals surface area contributed by atoms with Gasteiger partial charge in [-0.1, -0.05) is 25.5 Å². The number of ether oxygens (including phenoxy) is 1. The first kappa shape index (κ1) is 20.5. The highest BCUT2D eigenvalue weighted by Crippen LogP contribution is 2.30. The molecule has 8 nitrogen and oxygen atoms in total. The number of nitrogens with zero attached hydrogens (tertiary/aromatic N) is 4. The van der Waals surface area contributed by atoms with Gasteiger partial charge in [-0.25, -0.2) is 9.97 Å². The number of anilines is 1. The summed E-state index contributed by atoms with van der Waals surface area (Å²) in [6.07, 6.45) is 2.82. The Kier molecular flexibility index (Phi) is 6.60. The molecule has 2 heterocycles. The summed E-state index contributed by atoms with van der Waals surface area (Å²) in [5, 5.41) is 9.72. The van der Waals surface area contributed by atoms with E-state index in [2.05, 4.69) is 4.98 Å². The van der Waals surface area contributed by atoms with E-state index in [1.807, 2.05) is 36.1 Å². The lowest BCUT2D eigenvalue weighted by Gasteiger charge is -2.32. The minimum atomic E-state index is -1.16. The van der Waals surface area contributed by atoms with Crippen LogP contribution in [-0.2, 0) is 14.3 Å². The van der Waals surface area contributed by atoms with Gasteiger partial charge >= 0.3 is 5.97 Å². The van der Waals surface area contributed by atoms with Crippen LogP contribution in [0, 0.1) is 17.2 Å². The molecular weight excluding hydrogens is 370 g/mol. The van der Waals surface area contributed by atoms with E-state index in [1.165, 1.54) is 0 Å². The SMILES string of the molecule is CCCCOC(=O)C(C#N)c1nc2ccccc2nc1N1CCC(C(N)=O)CC1. The van der Waals surface area contributed by atoms with E-state index in [0.717, 1.165) is 12.8 Å². The summed E-state index contributed by atoms with van der Waals surface area (Å²) in [6.45, 7) is 3.37. The molecule has 1 aromatic heterocycles. The quantitative estimate of drug-likeness (QED) is 0.563. The number of esters is 1. The molecule has 152 valence electrons. The first-order valence-corrected chi connectivity index (χ1v) is 9.92. The van der Waals surface area contributed by atoms with E-state index in [0.29, 0.717) is 48.5 Å². The highest BCUT2D eigenvalue weighted by atomic mass is 16.5. The number of unbranched alkanes of at least 4 members (excludes halogenated alkanes) is 1. The maximum Gasteiger partial charge on any atom is 0.329 e. The van der Waals surface area contributed by atoms with Crippen LogP contribution in [0.1, 0.15) is 44.2 Å². The van der Waals surface area contributed by atoms with E-state index in [9.17, 15) is 14.9 Å². The number of fused-ring (bicyclic) bond motifs is 1. The van der Waals surface area contributed by atoms with E-state index in [-0.39, 0.29) is 18.4 Å². The summed E-state index contributed by atoms with van der Waals surface area (Å²) >= 11 is 0. The lowest BCUT2D eigenvalue weighted by atomic mass is 9.95. The number of nitrogens with two attached hydrogens (primary N) is 1. The number of hydrogen-bond acceptors (Lipinski definition) is 7. The third kappa shape index (κ3) is 4.62. The van der Waals surface area contributed by atoms with Gasteiger partial charge in [0.25, 0.3) is 0 Å². The van der Waals surface area contributed by atoms with E-state index in [1.54, 1.807) is 6.07 Å². The van der Waals surface area contributed by atoms with E-state index >= 15 is 0 Å². The fourth-order valence-electron chi connectivity index (χ4n) is 3.43. The van der Waals surface area contributed by atoms with Crippen LogP contribution >= 0.6 is 0 Å². The van der Waals surface area contributed by atoms with Crippen molar-refractivity contribution < 1.29 is 14.3 Å². The summed E-state index contributed by atoms with van der Waals surface area (Å²) in [4.78, 5) is 35.3. The number of primary amides is 1. The molecule has 1 saturated heterocycles. The third-order valence-electron chi connectivity index (χ3n) is 5.16. The van der Waals surface area contributed by atoms with Gasteiger partial charge in [0, 0.05) is 19.0 Å². The maximum absolute atomic E-state index is 12.6. The van der Waals surface area contributed by atoms with Crippen molar-refractivity contribution >= 4 is 28.7 Å². The Morgan fingerprint density at radius 2 is 1.93 bits per heavy atom. The highest BCUT2D eigenvalue weighted by Gasteiger charge is 2.32. The highest BCUT2D eigenvalue weighted by molar-refractivity contribution is 5.85. The van der Waals surface area contributed by atoms with Gasteiger partial charge in [-0.05, 0) is 31.4 Å². The van der Waals surface area contributed by atoms with Gasteiger partial charge < -0.3 is 15.4 Å². The van der Waals surface area contributed by atoms with Crippen LogP contribution in [0.2, 0.25) is 0 Å². The summed E-state index contributed by atoms with van der Waals surface area (Å²) in [7, 11) is 0. The van der Waals surface area contributed by atoms with Crippen molar-refractivity contribution in [2.24, 2.45) is 11.7 Å². The standard InChI is InChI=1S/C21H25N5O3/c1-2-3-12-29-21(28)15(13-22)18-20(25-17-7-5-4-6-16(17)24-18)26-10-8-14(9-11-26)19(23)27/h4-7,14-15H,2-3,8-12H2,1H3,(H2,23,27). The Bertz CT molecular complexity index is 932. The molecule has 2 aromatic rings. The zero-order valence-electron chi connectivity index (χ0n) is 16.5. The van der Waals surface area contributed by atoms with Crippen LogP contribution in [0.25, 0.3) is 11.0 Å². The Balaban J connectivity index is 1.96. The number of para-hydroxylation sites is 2. The topological polar surface area (TPSA) is 122 Å². The Hall–Kier alpha value is -3.21. The minimum absolute atomic E-state index is 0.172. The van der Waals surface area contributed by atoms with Crippen LogP contribution in [0.3, 0.4) is 0 Å². The number of carbonyl (C=O) groups excluding carboxylic acids is 2. The second-order valence-electron chi connectivity index (χ2n) is 7.17. The molecule has 1 fully saturated rings. The molecule has 2 N–H and O–H groups in total. The molecule has 0 aliphatic carbocycles. The summed E-state index contributed by atoms with van der Waals surface area (Å²) in [5.74, 6) is -1.75. The van der Waals surface area contributed by atoms with Crippen molar-refractivity contribution in [1.29, 1.82) is 5.26 Å². The second kappa shape index (κ2) is 9.32. The van der Waals surface area contributed by atoms with Crippen molar-refractivity contribution in [2.45, 2.75) is 38.5 Å². The molecule has 0 bridgehead atoms. The van der Waals surface area contributed by atoms with Gasteiger partial charge in [0.2, 0.25) is 5.91 Å². The van der Waals surface area contributed by atoms with Crippen molar-refractivity contribution in [2.75, 3.05) is 24.6 Å². The van der Waals surface area contributed by atoms with Gasteiger partial charge in [0.05, 0.1) is 23.7 Å². The molecule has 29 heavy (non-hydrogen) atoms. The number of carbonyl (C=O) groups is 2. The molecule has 1 atom stereocenters. The summed E-state index contributed by atoms with van der Waals surface area (Å²) in [6, 6.07) is 9.37. The van der Waals surface area contributed by atoms with Crippen LogP contribution in [0.15, 0.2) is 24.3 Å². The number of amides is 1. The molecule has 0 spiro atoms. The predicted molar refractivity (Wildman–Crippen MR) is 108 cm³/mol. The van der Waals surface area contributed by atoms with Gasteiger partial charge in [0.15, 0.2) is 11.7 Å². The number of benzene rings is 1. The minimum Gasteiger partial charge on any atom is -0.464 e. The van der Waals surface area contributed by atoms with Crippen LogP contribution < -0.4 is 10.6 Å². The third-order valence-corrected chi connectivity index (χ3v) is 5.16. The van der Waals surface area contributed by atoms with Crippen molar-refractivity contribution in [1.82, 2.24) is 9.97 Å². The number of hydrogen-bond donors (Lipinski definition) is 1. The molecule has 1 aromatic carbocycles. The lowest BCUT2D eigenvalue weighted by molar-refractivity contribution is -0.144. The molecule has 8 heteroatoms. The molecule has 1 amide bonds. The maximum atomic E-state index is 12.6. The number of nitriles is 1. The van der Waals surface area contributed by atoms with Crippen molar-refractivity contribution in [3.8, 4) is 6.07 Å². The van der Waals surface area contributed by atoms with Gasteiger partial charge in [0.1, 0.15) is 5.69 Å². The predicted octanol–water partition coefficient (Wildman–Crippen LogP) is 2.28. The van der Waals surface area contributed by atoms with E-state index < -0.39 is 11.9 Å². The van der Waals surface area contributed by atoms with Gasteiger partial charge in [-0.2, -0.15) is 5.26 Å². The average molecular weight is 395 g/mol. The molecule has 1 unspecified atom stereocenters. The normalized spacial score (nSPS) is 15.7. The molecule has 1 aliphatic heterocycles. The van der Waals surface area contributed by atoms with Crippen LogP contribution in [0.4, 0.5) is 5.82 Å². The van der Waals surface area contributed by atoms with Gasteiger partial charge in [-0.15, -0.1) is 0 Å². The molecular formula is C21H25N5O3. The molecule has 0 saturated carbocycles. The number of piperidine rings is 1. The molecule has 0 radical (unpaired) electrons. The van der Waals surface area contributed by atoms with Crippen molar-refractivity contribution in [3.63, 3.8) is 0 Å². The summed E-state index contributed by atoms with van der Waals surface area (Å²) in [5.41, 5.74) is 7.02. The Morgan fingerprint density at radius 3 is 2.52 bits per heavy atom. The first-order valence-electron chi connectivity index (χ1n) is 9.92. The lowest BCUT2D eigenvalue weighted by Crippen LogP contribution is -2.39. The van der Waals surface area contributed by atoms with Crippen LogP contribution in [-0.4, -0.2) is 41.5 Å². The number of rotatable bonds is 7. The zero-order valence-corrected chi connectivity index (χ0v) is 16.5. The first-order chi connectivity index (χ1) is 14.0.